The third-order valence-corrected chi connectivity index (χ3v) is 4.78. The molecule has 1 fully saturated rings. The van der Waals surface area contributed by atoms with Crippen molar-refractivity contribution in [2.24, 2.45) is 0 Å². The van der Waals surface area contributed by atoms with Crippen molar-refractivity contribution in [3.05, 3.63) is 29.3 Å². The summed E-state index contributed by atoms with van der Waals surface area (Å²) in [6.45, 7) is 8.46. The fraction of sp³-hybridized carbons (Fsp3) is 0.650. The molecular formula is C20H31NO4. The number of carbonyl (C=O) groups excluding carboxylic acids is 1. The van der Waals surface area contributed by atoms with Crippen LogP contribution >= 0.6 is 0 Å². The van der Waals surface area contributed by atoms with Gasteiger partial charge in [0.15, 0.2) is 0 Å². The van der Waals surface area contributed by atoms with E-state index < -0.39 is 0 Å². The lowest BCUT2D eigenvalue weighted by Gasteiger charge is -2.39. The molecule has 0 aromatic heterocycles. The number of nitrogens with one attached hydrogen (secondary N) is 1. The van der Waals surface area contributed by atoms with E-state index in [2.05, 4.69) is 24.4 Å². The van der Waals surface area contributed by atoms with E-state index in [0.717, 1.165) is 24.2 Å². The molecule has 1 saturated heterocycles. The number of methoxy groups -OCH3 is 1. The summed E-state index contributed by atoms with van der Waals surface area (Å²) < 4.78 is 16.6. The zero-order chi connectivity index (χ0) is 18.3. The summed E-state index contributed by atoms with van der Waals surface area (Å²) in [5.74, 6) is 0.906. The van der Waals surface area contributed by atoms with Crippen molar-refractivity contribution < 1.29 is 19.0 Å². The number of hydrogen-bond acceptors (Lipinski definition) is 4. The third-order valence-electron chi connectivity index (χ3n) is 4.78. The van der Waals surface area contributed by atoms with Crippen molar-refractivity contribution in [2.75, 3.05) is 33.5 Å². The zero-order valence-electron chi connectivity index (χ0n) is 15.9. The molecule has 1 amide bonds. The molecule has 140 valence electrons. The first-order valence-electron chi connectivity index (χ1n) is 9.08. The van der Waals surface area contributed by atoms with Crippen molar-refractivity contribution in [3.63, 3.8) is 0 Å². The van der Waals surface area contributed by atoms with Crippen LogP contribution in [0.1, 0.15) is 44.2 Å². The van der Waals surface area contributed by atoms with Gasteiger partial charge < -0.3 is 19.5 Å². The van der Waals surface area contributed by atoms with Gasteiger partial charge in [-0.25, -0.2) is 0 Å². The minimum Gasteiger partial charge on any atom is -0.496 e. The Balaban J connectivity index is 2.10. The highest BCUT2D eigenvalue weighted by atomic mass is 16.5. The average molecular weight is 349 g/mol. The highest BCUT2D eigenvalue weighted by molar-refractivity contribution is 5.76. The summed E-state index contributed by atoms with van der Waals surface area (Å²) in [6.07, 6.45) is 2.27. The molecule has 5 nitrogen and oxygen atoms in total. The minimum absolute atomic E-state index is 0.0261. The summed E-state index contributed by atoms with van der Waals surface area (Å²) in [5, 5.41) is 3.11. The molecule has 0 spiro atoms. The van der Waals surface area contributed by atoms with Crippen molar-refractivity contribution in [2.45, 2.75) is 51.6 Å². The number of aryl methyl sites for hydroxylation is 1. The quantitative estimate of drug-likeness (QED) is 0.784. The molecule has 1 heterocycles. The van der Waals surface area contributed by atoms with E-state index in [1.54, 1.807) is 7.11 Å². The Labute approximate surface area is 151 Å². The highest BCUT2D eigenvalue weighted by Gasteiger charge is 2.37. The summed E-state index contributed by atoms with van der Waals surface area (Å²) >= 11 is 0. The molecular weight excluding hydrogens is 318 g/mol. The summed E-state index contributed by atoms with van der Waals surface area (Å²) in [4.78, 5) is 12.2. The third kappa shape index (κ3) is 5.44. The number of hydrogen-bond donors (Lipinski definition) is 1. The fourth-order valence-electron chi connectivity index (χ4n) is 3.28. The van der Waals surface area contributed by atoms with Crippen molar-refractivity contribution >= 4 is 5.91 Å². The number of carbonyl (C=O) groups is 1. The van der Waals surface area contributed by atoms with Crippen LogP contribution in [0.3, 0.4) is 0 Å². The summed E-state index contributed by atoms with van der Waals surface area (Å²) in [6, 6.07) is 6.25. The molecule has 0 aliphatic carbocycles. The molecule has 1 N–H and O–H groups in total. The predicted octanol–water partition coefficient (Wildman–Crippen LogP) is 2.98. The van der Waals surface area contributed by atoms with E-state index in [4.69, 9.17) is 14.2 Å². The summed E-state index contributed by atoms with van der Waals surface area (Å²) in [5.41, 5.74) is 2.21. The van der Waals surface area contributed by atoms with Crippen LogP contribution in [0.2, 0.25) is 0 Å². The van der Waals surface area contributed by atoms with Gasteiger partial charge in [0.25, 0.3) is 0 Å². The van der Waals surface area contributed by atoms with Gasteiger partial charge in [0.2, 0.25) is 5.91 Å². The van der Waals surface area contributed by atoms with Crippen LogP contribution in [-0.2, 0) is 19.7 Å². The molecule has 0 bridgehead atoms. The topological polar surface area (TPSA) is 56.8 Å². The molecule has 0 saturated carbocycles. The first-order valence-corrected chi connectivity index (χ1v) is 9.08. The Morgan fingerprint density at radius 1 is 1.32 bits per heavy atom. The minimum atomic E-state index is -0.149. The predicted molar refractivity (Wildman–Crippen MR) is 98.2 cm³/mol. The zero-order valence-corrected chi connectivity index (χ0v) is 15.9. The lowest BCUT2D eigenvalue weighted by atomic mass is 9.73. The average Bonchev–Trinajstić information content (AvgIpc) is 2.60. The van der Waals surface area contributed by atoms with Gasteiger partial charge in [-0.1, -0.05) is 17.7 Å². The Kier molecular flexibility index (Phi) is 7.26. The molecule has 2 rings (SSSR count). The maximum atomic E-state index is 12.2. The Bertz CT molecular complexity index is 565. The largest absolute Gasteiger partial charge is 0.496 e. The van der Waals surface area contributed by atoms with Gasteiger partial charge in [0.05, 0.1) is 19.8 Å². The lowest BCUT2D eigenvalue weighted by molar-refractivity contribution is -0.123. The van der Waals surface area contributed by atoms with Gasteiger partial charge in [-0.05, 0) is 39.7 Å². The molecule has 0 unspecified atom stereocenters. The first-order chi connectivity index (χ1) is 12.0. The van der Waals surface area contributed by atoms with Crippen LogP contribution in [-0.4, -0.2) is 45.5 Å². The maximum Gasteiger partial charge on any atom is 0.222 e. The van der Waals surface area contributed by atoms with Gasteiger partial charge in [-0.2, -0.15) is 0 Å². The molecule has 1 aliphatic heterocycles. The monoisotopic (exact) mass is 349 g/mol. The Hall–Kier alpha value is -1.59. The van der Waals surface area contributed by atoms with E-state index in [0.29, 0.717) is 32.8 Å². The molecule has 1 aromatic carbocycles. The van der Waals surface area contributed by atoms with Gasteiger partial charge in [0, 0.05) is 37.2 Å². The summed E-state index contributed by atoms with van der Waals surface area (Å²) in [7, 11) is 1.70. The Morgan fingerprint density at radius 2 is 2.04 bits per heavy atom. The van der Waals surface area contributed by atoms with Gasteiger partial charge >= 0.3 is 0 Å². The molecule has 1 aliphatic rings. The van der Waals surface area contributed by atoms with Crippen LogP contribution in [0.25, 0.3) is 0 Å². The normalized spacial score (nSPS) is 16.7. The van der Waals surface area contributed by atoms with E-state index in [1.807, 2.05) is 19.9 Å². The number of rotatable bonds is 8. The van der Waals surface area contributed by atoms with Crippen molar-refractivity contribution in [1.29, 1.82) is 0 Å². The second-order valence-corrected chi connectivity index (χ2v) is 7.04. The second kappa shape index (κ2) is 9.20. The van der Waals surface area contributed by atoms with Gasteiger partial charge in [0.1, 0.15) is 5.75 Å². The maximum absolute atomic E-state index is 12.2. The van der Waals surface area contributed by atoms with Crippen LogP contribution in [0.4, 0.5) is 0 Å². The molecule has 1 aromatic rings. The number of ether oxygens (including phenoxy) is 3. The van der Waals surface area contributed by atoms with Gasteiger partial charge in [-0.15, -0.1) is 0 Å². The van der Waals surface area contributed by atoms with Crippen LogP contribution in [0.5, 0.6) is 5.75 Å². The fourth-order valence-corrected chi connectivity index (χ4v) is 3.28. The van der Waals surface area contributed by atoms with Crippen LogP contribution < -0.4 is 10.1 Å². The van der Waals surface area contributed by atoms with E-state index in [1.165, 1.54) is 5.56 Å². The lowest BCUT2D eigenvalue weighted by Crippen LogP contribution is -2.45. The molecule has 5 heteroatoms. The van der Waals surface area contributed by atoms with Gasteiger partial charge in [-0.3, -0.25) is 4.79 Å². The second-order valence-electron chi connectivity index (χ2n) is 7.04. The highest BCUT2D eigenvalue weighted by Crippen LogP contribution is 2.40. The first kappa shape index (κ1) is 19.7. The SMILES string of the molecule is COc1ccc(C)cc1C1(CNC(=O)CCOC(C)C)CCOCC1. The van der Waals surface area contributed by atoms with Crippen molar-refractivity contribution in [1.82, 2.24) is 5.32 Å². The van der Waals surface area contributed by atoms with Crippen LogP contribution in [0.15, 0.2) is 18.2 Å². The van der Waals surface area contributed by atoms with Crippen molar-refractivity contribution in [3.8, 4) is 5.75 Å². The van der Waals surface area contributed by atoms with E-state index in [9.17, 15) is 4.79 Å². The molecule has 0 radical (unpaired) electrons. The molecule has 25 heavy (non-hydrogen) atoms. The van der Waals surface area contributed by atoms with E-state index >= 15 is 0 Å². The Morgan fingerprint density at radius 3 is 2.68 bits per heavy atom. The standard InChI is InChI=1S/C20H31NO4/c1-15(2)25-10-7-19(22)21-14-20(8-11-24-12-9-20)17-13-16(3)5-6-18(17)23-4/h5-6,13,15H,7-12,14H2,1-4H3,(H,21,22). The van der Waals surface area contributed by atoms with Crippen LogP contribution in [0, 0.1) is 6.92 Å². The smallest absolute Gasteiger partial charge is 0.222 e. The number of amides is 1. The number of benzene rings is 1. The molecule has 0 atom stereocenters. The van der Waals surface area contributed by atoms with E-state index in [-0.39, 0.29) is 17.4 Å².